The number of azide groups is 1. The summed E-state index contributed by atoms with van der Waals surface area (Å²) >= 11 is 6.07. The quantitative estimate of drug-likeness (QED) is 0.351. The predicted octanol–water partition coefficient (Wildman–Crippen LogP) is 3.83. The van der Waals surface area contributed by atoms with Gasteiger partial charge in [-0.1, -0.05) is 30.6 Å². The summed E-state index contributed by atoms with van der Waals surface area (Å²) in [7, 11) is 0. The Labute approximate surface area is 155 Å². The first-order valence-electron chi connectivity index (χ1n) is 8.19. The van der Waals surface area contributed by atoms with Crippen LogP contribution >= 0.6 is 11.6 Å². The first-order valence-corrected chi connectivity index (χ1v) is 8.57. The van der Waals surface area contributed by atoms with Crippen molar-refractivity contribution in [2.75, 3.05) is 6.54 Å². The molecule has 136 valence electrons. The topological polar surface area (TPSA) is 104 Å². The molecule has 0 unspecified atom stereocenters. The summed E-state index contributed by atoms with van der Waals surface area (Å²) in [6, 6.07) is 1.69. The molecule has 0 saturated carbocycles. The highest BCUT2D eigenvalue weighted by atomic mass is 35.5. The van der Waals surface area contributed by atoms with Crippen LogP contribution in [0.15, 0.2) is 23.6 Å². The van der Waals surface area contributed by atoms with Crippen molar-refractivity contribution in [1.82, 2.24) is 14.9 Å². The first-order chi connectivity index (χ1) is 12.2. The number of fused-ring (bicyclic) bond motifs is 1. The Hall–Kier alpha value is -2.57. The van der Waals surface area contributed by atoms with Crippen molar-refractivity contribution in [3.8, 4) is 5.88 Å². The number of rotatable bonds is 4. The Balaban J connectivity index is 2.01. The molecule has 2 aromatic heterocycles. The minimum absolute atomic E-state index is 0.0232. The van der Waals surface area contributed by atoms with Gasteiger partial charge in [-0.2, -0.15) is 0 Å². The van der Waals surface area contributed by atoms with Gasteiger partial charge in [0.15, 0.2) is 0 Å². The van der Waals surface area contributed by atoms with Gasteiger partial charge < -0.3 is 9.64 Å². The molecule has 0 bridgehead atoms. The molecule has 1 amide bonds. The average Bonchev–Trinajstić information content (AvgIpc) is 2.56. The van der Waals surface area contributed by atoms with Crippen molar-refractivity contribution in [2.45, 2.75) is 45.4 Å². The summed E-state index contributed by atoms with van der Waals surface area (Å²) in [5.41, 5.74) is 8.77. The third kappa shape index (κ3) is 3.13. The van der Waals surface area contributed by atoms with E-state index in [-0.39, 0.29) is 18.1 Å². The number of hydrogen-bond donors (Lipinski definition) is 0. The SMILES string of the molecule is CC(=O)N1C[C@@H](Oc2ncc(C(C)(C)N=[N+]=[N-])c3cc(Cl)ncc23)[C@@H]1C. The van der Waals surface area contributed by atoms with E-state index in [1.165, 1.54) is 0 Å². The average molecular weight is 375 g/mol. The molecule has 0 aromatic carbocycles. The maximum atomic E-state index is 11.5. The van der Waals surface area contributed by atoms with Crippen LogP contribution in [-0.2, 0) is 10.3 Å². The van der Waals surface area contributed by atoms with Crippen LogP contribution in [0.1, 0.15) is 33.3 Å². The smallest absolute Gasteiger partial charge is 0.223 e. The van der Waals surface area contributed by atoms with Crippen LogP contribution in [0.3, 0.4) is 0 Å². The predicted molar refractivity (Wildman–Crippen MR) is 98.0 cm³/mol. The maximum Gasteiger partial charge on any atom is 0.223 e. The van der Waals surface area contributed by atoms with E-state index in [1.54, 1.807) is 44.1 Å². The van der Waals surface area contributed by atoms with Crippen LogP contribution in [-0.4, -0.2) is 39.5 Å². The van der Waals surface area contributed by atoms with E-state index in [2.05, 4.69) is 20.0 Å². The van der Waals surface area contributed by atoms with Gasteiger partial charge in [0.05, 0.1) is 23.5 Å². The molecule has 2 aromatic rings. The maximum absolute atomic E-state index is 11.5. The van der Waals surface area contributed by atoms with Crippen LogP contribution < -0.4 is 4.74 Å². The highest BCUT2D eigenvalue weighted by Gasteiger charge is 2.39. The molecule has 9 heteroatoms. The lowest BCUT2D eigenvalue weighted by molar-refractivity contribution is -0.144. The van der Waals surface area contributed by atoms with Gasteiger partial charge in [-0.05, 0) is 29.5 Å². The van der Waals surface area contributed by atoms with Crippen molar-refractivity contribution in [1.29, 1.82) is 0 Å². The second-order valence-electron chi connectivity index (χ2n) is 6.85. The third-order valence-corrected chi connectivity index (χ3v) is 4.94. The van der Waals surface area contributed by atoms with E-state index in [0.29, 0.717) is 23.0 Å². The molecule has 0 radical (unpaired) electrons. The van der Waals surface area contributed by atoms with E-state index in [1.807, 2.05) is 6.92 Å². The molecular formula is C17H19ClN6O2. The van der Waals surface area contributed by atoms with Crippen molar-refractivity contribution in [3.63, 3.8) is 0 Å². The fourth-order valence-electron chi connectivity index (χ4n) is 3.10. The molecule has 0 spiro atoms. The summed E-state index contributed by atoms with van der Waals surface area (Å²) < 4.78 is 6.03. The molecule has 2 atom stereocenters. The summed E-state index contributed by atoms with van der Waals surface area (Å²) in [6.07, 6.45) is 3.09. The molecular weight excluding hydrogens is 356 g/mol. The minimum atomic E-state index is -0.807. The highest BCUT2D eigenvalue weighted by Crippen LogP contribution is 2.36. The van der Waals surface area contributed by atoms with Crippen LogP contribution in [0.5, 0.6) is 5.88 Å². The second-order valence-corrected chi connectivity index (χ2v) is 7.23. The van der Waals surface area contributed by atoms with Gasteiger partial charge in [0.25, 0.3) is 0 Å². The van der Waals surface area contributed by atoms with E-state index in [0.717, 1.165) is 10.9 Å². The van der Waals surface area contributed by atoms with Gasteiger partial charge in [0.2, 0.25) is 11.8 Å². The van der Waals surface area contributed by atoms with Crippen LogP contribution in [0.2, 0.25) is 5.15 Å². The zero-order chi connectivity index (χ0) is 19.1. The summed E-state index contributed by atoms with van der Waals surface area (Å²) in [4.78, 5) is 24.7. The Morgan fingerprint density at radius 1 is 1.42 bits per heavy atom. The van der Waals surface area contributed by atoms with Crippen LogP contribution in [0.25, 0.3) is 21.2 Å². The molecule has 0 N–H and O–H groups in total. The standard InChI is InChI=1S/C17H19ClN6O2/c1-9-14(8-24(9)10(2)25)26-16-12-6-20-15(18)5-11(12)13(7-21-16)17(3,4)22-23-19/h5-7,9,14H,8H2,1-4H3/t9-,14+/m0/s1. The van der Waals surface area contributed by atoms with Crippen molar-refractivity contribution < 1.29 is 9.53 Å². The number of carbonyl (C=O) groups is 1. The molecule has 26 heavy (non-hydrogen) atoms. The van der Waals surface area contributed by atoms with Gasteiger partial charge in [-0.3, -0.25) is 4.79 Å². The fourth-order valence-corrected chi connectivity index (χ4v) is 3.26. The molecule has 1 saturated heterocycles. The lowest BCUT2D eigenvalue weighted by Gasteiger charge is -2.45. The number of carbonyl (C=O) groups excluding carboxylic acids is 1. The molecule has 1 aliphatic rings. The Kier molecular flexibility index (Phi) is 4.64. The van der Waals surface area contributed by atoms with Gasteiger partial charge >= 0.3 is 0 Å². The van der Waals surface area contributed by atoms with Gasteiger partial charge in [-0.15, -0.1) is 0 Å². The number of nitrogens with zero attached hydrogens (tertiary/aromatic N) is 6. The van der Waals surface area contributed by atoms with Gasteiger partial charge in [-0.25, -0.2) is 9.97 Å². The highest BCUT2D eigenvalue weighted by molar-refractivity contribution is 6.30. The summed E-state index contributed by atoms with van der Waals surface area (Å²) in [5, 5.41) is 5.63. The normalized spacial score (nSPS) is 19.7. The van der Waals surface area contributed by atoms with E-state index < -0.39 is 5.54 Å². The lowest BCUT2D eigenvalue weighted by atomic mass is 9.93. The Morgan fingerprint density at radius 2 is 2.15 bits per heavy atom. The minimum Gasteiger partial charge on any atom is -0.470 e. The number of hydrogen-bond acceptors (Lipinski definition) is 5. The summed E-state index contributed by atoms with van der Waals surface area (Å²) in [5.74, 6) is 0.444. The van der Waals surface area contributed by atoms with Crippen molar-refractivity contribution in [2.24, 2.45) is 5.11 Å². The molecule has 1 fully saturated rings. The van der Waals surface area contributed by atoms with E-state index in [9.17, 15) is 4.79 Å². The number of amides is 1. The molecule has 1 aliphatic heterocycles. The third-order valence-electron chi connectivity index (χ3n) is 4.73. The van der Waals surface area contributed by atoms with Crippen LogP contribution in [0.4, 0.5) is 0 Å². The number of likely N-dealkylation sites (tertiary alicyclic amines) is 1. The molecule has 8 nitrogen and oxygen atoms in total. The number of pyridine rings is 2. The number of ether oxygens (including phenoxy) is 1. The zero-order valence-electron chi connectivity index (χ0n) is 15.0. The number of halogens is 1. The summed E-state index contributed by atoms with van der Waals surface area (Å²) in [6.45, 7) is 7.60. The monoisotopic (exact) mass is 374 g/mol. The van der Waals surface area contributed by atoms with Crippen molar-refractivity contribution >= 4 is 28.3 Å². The zero-order valence-corrected chi connectivity index (χ0v) is 15.7. The largest absolute Gasteiger partial charge is 0.470 e. The lowest BCUT2D eigenvalue weighted by Crippen LogP contribution is -2.62. The number of aromatic nitrogens is 2. The fraction of sp³-hybridized carbons (Fsp3) is 0.471. The van der Waals surface area contributed by atoms with E-state index >= 15 is 0 Å². The first kappa shape index (κ1) is 18.2. The van der Waals surface area contributed by atoms with Crippen molar-refractivity contribution in [3.05, 3.63) is 39.6 Å². The van der Waals surface area contributed by atoms with E-state index in [4.69, 9.17) is 21.9 Å². The molecule has 0 aliphatic carbocycles. The Bertz CT molecular complexity index is 925. The second kappa shape index (κ2) is 6.63. The van der Waals surface area contributed by atoms with Gasteiger partial charge in [0.1, 0.15) is 11.3 Å². The Morgan fingerprint density at radius 3 is 2.77 bits per heavy atom. The molecule has 3 rings (SSSR count). The van der Waals surface area contributed by atoms with Crippen LogP contribution in [0, 0.1) is 0 Å². The van der Waals surface area contributed by atoms with Gasteiger partial charge in [0, 0.05) is 24.2 Å². The molecule has 3 heterocycles.